The molecule has 0 aliphatic heterocycles. The van der Waals surface area contributed by atoms with Crippen molar-refractivity contribution < 1.29 is 12.8 Å². The van der Waals surface area contributed by atoms with Gasteiger partial charge in [-0.25, -0.2) is 12.8 Å². The summed E-state index contributed by atoms with van der Waals surface area (Å²) in [5, 5.41) is 3.05. The fraction of sp³-hybridized carbons (Fsp3) is 0.455. The Balaban J connectivity index is 2.51. The third-order valence-corrected chi connectivity index (χ3v) is 4.27. The smallest absolute Gasteiger partial charge is 0.152 e. The Morgan fingerprint density at radius 1 is 1.35 bits per heavy atom. The van der Waals surface area contributed by atoms with Gasteiger partial charge in [0.1, 0.15) is 5.82 Å². The highest BCUT2D eigenvalue weighted by Crippen LogP contribution is 2.18. The van der Waals surface area contributed by atoms with Crippen molar-refractivity contribution in [2.45, 2.75) is 13.3 Å². The molecule has 0 atom stereocenters. The van der Waals surface area contributed by atoms with E-state index in [0.717, 1.165) is 0 Å². The van der Waals surface area contributed by atoms with Crippen molar-refractivity contribution in [2.75, 3.05) is 23.4 Å². The highest BCUT2D eigenvalue weighted by molar-refractivity contribution is 7.91. The van der Waals surface area contributed by atoms with Gasteiger partial charge in [-0.3, -0.25) is 0 Å². The predicted octanol–water partition coefficient (Wildman–Crippen LogP) is 2.72. The number of nitrogens with one attached hydrogen (secondary N) is 1. The van der Waals surface area contributed by atoms with Gasteiger partial charge in [0.2, 0.25) is 0 Å². The lowest BCUT2D eigenvalue weighted by atomic mass is 10.3. The molecule has 96 valence electrons. The van der Waals surface area contributed by atoms with Crippen LogP contribution in [0.15, 0.2) is 18.2 Å². The molecule has 0 fully saturated rings. The number of benzene rings is 1. The topological polar surface area (TPSA) is 46.2 Å². The Labute approximate surface area is 106 Å². The van der Waals surface area contributed by atoms with Gasteiger partial charge >= 0.3 is 0 Å². The monoisotopic (exact) mass is 279 g/mol. The Kier molecular flexibility index (Phi) is 5.21. The van der Waals surface area contributed by atoms with Crippen LogP contribution in [0.3, 0.4) is 0 Å². The lowest BCUT2D eigenvalue weighted by Gasteiger charge is -2.08. The fourth-order valence-corrected chi connectivity index (χ4v) is 2.79. The summed E-state index contributed by atoms with van der Waals surface area (Å²) in [5.41, 5.74) is 0.265. The Hall–Kier alpha value is -0.810. The summed E-state index contributed by atoms with van der Waals surface area (Å²) in [6.07, 6.45) is 0.595. The van der Waals surface area contributed by atoms with E-state index in [-0.39, 0.29) is 23.7 Å². The quantitative estimate of drug-likeness (QED) is 0.871. The van der Waals surface area contributed by atoms with E-state index in [1.54, 1.807) is 6.07 Å². The molecule has 1 aromatic rings. The largest absolute Gasteiger partial charge is 0.382 e. The third kappa shape index (κ3) is 4.91. The molecule has 0 aliphatic carbocycles. The number of hydrogen-bond acceptors (Lipinski definition) is 3. The van der Waals surface area contributed by atoms with Crippen molar-refractivity contribution in [3.63, 3.8) is 0 Å². The molecular weight excluding hydrogens is 265 g/mol. The molecule has 1 N–H and O–H groups in total. The Bertz CT molecular complexity index is 476. The highest BCUT2D eigenvalue weighted by Gasteiger charge is 2.09. The van der Waals surface area contributed by atoms with Crippen molar-refractivity contribution in [1.29, 1.82) is 0 Å². The summed E-state index contributed by atoms with van der Waals surface area (Å²) in [6, 6.07) is 4.22. The van der Waals surface area contributed by atoms with E-state index in [4.69, 9.17) is 11.6 Å². The zero-order chi connectivity index (χ0) is 12.9. The first-order valence-electron chi connectivity index (χ1n) is 5.34. The van der Waals surface area contributed by atoms with Crippen molar-refractivity contribution in [3.05, 3.63) is 29.0 Å². The molecule has 0 amide bonds. The van der Waals surface area contributed by atoms with Gasteiger partial charge in [0.25, 0.3) is 0 Å². The Morgan fingerprint density at radius 2 is 2.06 bits per heavy atom. The van der Waals surface area contributed by atoms with Crippen LogP contribution < -0.4 is 5.32 Å². The SMILES string of the molecule is CCCS(=O)(=O)CCNc1ccc(Cl)cc1F. The van der Waals surface area contributed by atoms with E-state index in [1.165, 1.54) is 12.1 Å². The minimum absolute atomic E-state index is 0.00288. The maximum absolute atomic E-state index is 13.3. The third-order valence-electron chi connectivity index (χ3n) is 2.17. The lowest BCUT2D eigenvalue weighted by molar-refractivity contribution is 0.594. The molecule has 0 saturated heterocycles. The van der Waals surface area contributed by atoms with Crippen LogP contribution >= 0.6 is 11.6 Å². The molecule has 1 rings (SSSR count). The standard InChI is InChI=1S/C11H15ClFNO2S/c1-2-6-17(15,16)7-5-14-11-4-3-9(12)8-10(11)13/h3-4,8,14H,2,5-7H2,1H3. The average molecular weight is 280 g/mol. The molecule has 0 bridgehead atoms. The number of rotatable bonds is 6. The molecule has 17 heavy (non-hydrogen) atoms. The zero-order valence-corrected chi connectivity index (χ0v) is 11.1. The van der Waals surface area contributed by atoms with Crippen LogP contribution in [-0.2, 0) is 9.84 Å². The highest BCUT2D eigenvalue weighted by atomic mass is 35.5. The maximum Gasteiger partial charge on any atom is 0.152 e. The summed E-state index contributed by atoms with van der Waals surface area (Å²) in [4.78, 5) is 0. The van der Waals surface area contributed by atoms with Gasteiger partial charge in [-0.15, -0.1) is 0 Å². The molecular formula is C11H15ClFNO2S. The normalized spacial score (nSPS) is 11.5. The van der Waals surface area contributed by atoms with Crippen LogP contribution in [0, 0.1) is 5.82 Å². The van der Waals surface area contributed by atoms with Crippen LogP contribution in [0.4, 0.5) is 10.1 Å². The second-order valence-electron chi connectivity index (χ2n) is 3.70. The molecule has 0 aromatic heterocycles. The summed E-state index contributed by atoms with van der Waals surface area (Å²) < 4.78 is 36.1. The first kappa shape index (κ1) is 14.3. The van der Waals surface area contributed by atoms with Crippen LogP contribution in [0.25, 0.3) is 0 Å². The number of sulfone groups is 1. The van der Waals surface area contributed by atoms with Crippen LogP contribution in [-0.4, -0.2) is 26.5 Å². The van der Waals surface area contributed by atoms with Crippen molar-refractivity contribution in [2.24, 2.45) is 0 Å². The summed E-state index contributed by atoms with van der Waals surface area (Å²) >= 11 is 5.60. The van der Waals surface area contributed by atoms with Crippen molar-refractivity contribution in [3.8, 4) is 0 Å². The van der Waals surface area contributed by atoms with Gasteiger partial charge in [-0.1, -0.05) is 18.5 Å². The summed E-state index contributed by atoms with van der Waals surface area (Å²) in [5.74, 6) is -0.314. The average Bonchev–Trinajstić information content (AvgIpc) is 2.21. The molecule has 6 heteroatoms. The van der Waals surface area contributed by atoms with Crippen LogP contribution in [0.5, 0.6) is 0 Å². The summed E-state index contributed by atoms with van der Waals surface area (Å²) in [7, 11) is -3.03. The summed E-state index contributed by atoms with van der Waals surface area (Å²) in [6.45, 7) is 2.00. The molecule has 0 unspecified atom stereocenters. The molecule has 3 nitrogen and oxygen atoms in total. The lowest BCUT2D eigenvalue weighted by Crippen LogP contribution is -2.18. The molecule has 0 spiro atoms. The van der Waals surface area contributed by atoms with Crippen molar-refractivity contribution in [1.82, 2.24) is 0 Å². The minimum Gasteiger partial charge on any atom is -0.382 e. The Morgan fingerprint density at radius 3 is 2.65 bits per heavy atom. The second-order valence-corrected chi connectivity index (χ2v) is 6.44. The molecule has 0 aliphatic rings. The van der Waals surface area contributed by atoms with Gasteiger partial charge in [-0.05, 0) is 24.6 Å². The van der Waals surface area contributed by atoms with E-state index in [0.29, 0.717) is 11.4 Å². The minimum atomic E-state index is -3.03. The van der Waals surface area contributed by atoms with Crippen molar-refractivity contribution >= 4 is 27.1 Å². The number of halogens is 2. The van der Waals surface area contributed by atoms with Gasteiger partial charge in [0, 0.05) is 17.3 Å². The van der Waals surface area contributed by atoms with Crippen LogP contribution in [0.2, 0.25) is 5.02 Å². The predicted molar refractivity (Wildman–Crippen MR) is 68.8 cm³/mol. The molecule has 0 radical (unpaired) electrons. The number of hydrogen-bond donors (Lipinski definition) is 1. The van der Waals surface area contributed by atoms with E-state index >= 15 is 0 Å². The number of anilines is 1. The molecule has 0 saturated carbocycles. The fourth-order valence-electron chi connectivity index (χ4n) is 1.39. The van der Waals surface area contributed by atoms with E-state index in [1.807, 2.05) is 6.92 Å². The zero-order valence-electron chi connectivity index (χ0n) is 9.54. The van der Waals surface area contributed by atoms with E-state index in [2.05, 4.69) is 5.32 Å². The van der Waals surface area contributed by atoms with Gasteiger partial charge in [0.15, 0.2) is 9.84 Å². The molecule has 1 aromatic carbocycles. The van der Waals surface area contributed by atoms with E-state index < -0.39 is 15.7 Å². The maximum atomic E-state index is 13.3. The second kappa shape index (κ2) is 6.21. The van der Waals surface area contributed by atoms with Crippen LogP contribution in [0.1, 0.15) is 13.3 Å². The van der Waals surface area contributed by atoms with E-state index in [9.17, 15) is 12.8 Å². The van der Waals surface area contributed by atoms with Gasteiger partial charge < -0.3 is 5.32 Å². The van der Waals surface area contributed by atoms with Gasteiger partial charge in [-0.2, -0.15) is 0 Å². The first-order chi connectivity index (χ1) is 7.94. The molecule has 0 heterocycles. The van der Waals surface area contributed by atoms with Gasteiger partial charge in [0.05, 0.1) is 11.4 Å². The first-order valence-corrected chi connectivity index (χ1v) is 7.54.